The lowest BCUT2D eigenvalue weighted by Crippen LogP contribution is -2.26. The molecule has 1 N–H and O–H groups in total. The maximum absolute atomic E-state index is 12.6. The molecule has 0 bridgehead atoms. The first-order valence-electron chi connectivity index (χ1n) is 7.87. The van der Waals surface area contributed by atoms with Crippen molar-refractivity contribution in [2.45, 2.75) is 6.54 Å². The highest BCUT2D eigenvalue weighted by molar-refractivity contribution is 6.01. The van der Waals surface area contributed by atoms with Crippen molar-refractivity contribution in [1.82, 2.24) is 14.9 Å². The fourth-order valence-corrected chi connectivity index (χ4v) is 2.78. The van der Waals surface area contributed by atoms with Gasteiger partial charge >= 0.3 is 5.97 Å². The fourth-order valence-electron chi connectivity index (χ4n) is 2.78. The highest BCUT2D eigenvalue weighted by atomic mass is 16.5. The van der Waals surface area contributed by atoms with Gasteiger partial charge in [0.25, 0.3) is 5.56 Å². The number of fused-ring (bicyclic) bond motifs is 1. The largest absolute Gasteiger partial charge is 0.476 e. The minimum atomic E-state index is -1.19. The number of carboxylic acids is 1. The Labute approximate surface area is 147 Å². The normalized spacial score (nSPS) is 10.9. The molecule has 4 aromatic rings. The van der Waals surface area contributed by atoms with Gasteiger partial charge in [-0.25, -0.2) is 9.48 Å². The van der Waals surface area contributed by atoms with Crippen molar-refractivity contribution in [2.24, 2.45) is 0 Å². The van der Waals surface area contributed by atoms with E-state index >= 15 is 0 Å². The lowest BCUT2D eigenvalue weighted by Gasteiger charge is -2.07. The lowest BCUT2D eigenvalue weighted by atomic mass is 10.1. The molecule has 128 valence electrons. The van der Waals surface area contributed by atoms with Gasteiger partial charge in [-0.3, -0.25) is 4.79 Å². The van der Waals surface area contributed by atoms with Gasteiger partial charge in [0.05, 0.1) is 11.9 Å². The minimum absolute atomic E-state index is 0.0142. The van der Waals surface area contributed by atoms with E-state index in [4.69, 9.17) is 4.52 Å². The summed E-state index contributed by atoms with van der Waals surface area (Å²) in [4.78, 5) is 24.1. The van der Waals surface area contributed by atoms with Crippen LogP contribution in [0.15, 0.2) is 70.0 Å². The number of hydrogen-bond acceptors (Lipinski definition) is 5. The van der Waals surface area contributed by atoms with Crippen LogP contribution in [0.2, 0.25) is 0 Å². The maximum Gasteiger partial charge on any atom is 0.357 e. The lowest BCUT2D eigenvalue weighted by molar-refractivity contribution is 0.0690. The van der Waals surface area contributed by atoms with Crippen molar-refractivity contribution >= 4 is 16.7 Å². The summed E-state index contributed by atoms with van der Waals surface area (Å²) in [6, 6.07) is 17.6. The Kier molecular flexibility index (Phi) is 3.81. The Morgan fingerprint density at radius 1 is 1.04 bits per heavy atom. The summed E-state index contributed by atoms with van der Waals surface area (Å²) in [5.41, 5.74) is 0.781. The van der Waals surface area contributed by atoms with Gasteiger partial charge in [0, 0.05) is 17.0 Å². The highest BCUT2D eigenvalue weighted by Crippen LogP contribution is 2.20. The molecule has 0 atom stereocenters. The van der Waals surface area contributed by atoms with Crippen molar-refractivity contribution < 1.29 is 14.4 Å². The van der Waals surface area contributed by atoms with Crippen LogP contribution in [0.5, 0.6) is 0 Å². The highest BCUT2D eigenvalue weighted by Gasteiger charge is 2.16. The number of benzene rings is 2. The van der Waals surface area contributed by atoms with Crippen molar-refractivity contribution in [2.75, 3.05) is 0 Å². The van der Waals surface area contributed by atoms with E-state index in [1.807, 2.05) is 30.3 Å². The predicted octanol–water partition coefficient (Wildman–Crippen LogP) is 2.80. The summed E-state index contributed by atoms with van der Waals surface area (Å²) >= 11 is 0. The van der Waals surface area contributed by atoms with E-state index in [1.54, 1.807) is 30.3 Å². The SMILES string of the molecule is O=C(O)c1nn(Cc2cc(-c3ccccc3)on2)c(=O)c2ccccc12. The van der Waals surface area contributed by atoms with Crippen LogP contribution in [0.3, 0.4) is 0 Å². The molecule has 2 heterocycles. The van der Waals surface area contributed by atoms with Crippen LogP contribution in [0.1, 0.15) is 16.2 Å². The average molecular weight is 347 g/mol. The zero-order valence-electron chi connectivity index (χ0n) is 13.5. The summed E-state index contributed by atoms with van der Waals surface area (Å²) in [6.45, 7) is 0.0142. The maximum atomic E-state index is 12.6. The molecule has 26 heavy (non-hydrogen) atoms. The van der Waals surface area contributed by atoms with Crippen LogP contribution in [-0.4, -0.2) is 26.0 Å². The first kappa shape index (κ1) is 15.8. The third-order valence-corrected chi connectivity index (χ3v) is 4.00. The molecule has 0 unspecified atom stereocenters. The van der Waals surface area contributed by atoms with Crippen molar-refractivity contribution in [3.63, 3.8) is 0 Å². The third kappa shape index (κ3) is 2.75. The van der Waals surface area contributed by atoms with Crippen LogP contribution in [0.25, 0.3) is 22.1 Å². The molecule has 0 radical (unpaired) electrons. The first-order valence-corrected chi connectivity index (χ1v) is 7.87. The van der Waals surface area contributed by atoms with Crippen molar-refractivity contribution in [1.29, 1.82) is 0 Å². The molecule has 0 saturated carbocycles. The molecule has 0 aliphatic rings. The number of nitrogens with zero attached hydrogens (tertiary/aromatic N) is 3. The smallest absolute Gasteiger partial charge is 0.357 e. The van der Waals surface area contributed by atoms with E-state index in [0.717, 1.165) is 10.2 Å². The van der Waals surface area contributed by atoms with E-state index in [-0.39, 0.29) is 17.8 Å². The Morgan fingerprint density at radius 2 is 1.73 bits per heavy atom. The summed E-state index contributed by atoms with van der Waals surface area (Å²) in [5.74, 6) is -0.632. The van der Waals surface area contributed by atoms with Gasteiger partial charge in [0.15, 0.2) is 11.5 Å². The summed E-state index contributed by atoms with van der Waals surface area (Å²) in [7, 11) is 0. The van der Waals surface area contributed by atoms with Crippen molar-refractivity contribution in [3.8, 4) is 11.3 Å². The average Bonchev–Trinajstić information content (AvgIpc) is 3.13. The molecular weight excluding hydrogens is 334 g/mol. The van der Waals surface area contributed by atoms with Crippen LogP contribution >= 0.6 is 0 Å². The Balaban J connectivity index is 1.76. The van der Waals surface area contributed by atoms with Crippen LogP contribution in [-0.2, 0) is 6.54 Å². The Hall–Kier alpha value is -3.74. The second-order valence-corrected chi connectivity index (χ2v) is 5.71. The Bertz CT molecular complexity index is 1160. The molecular formula is C19H13N3O4. The van der Waals surface area contributed by atoms with Crippen molar-refractivity contribution in [3.05, 3.63) is 82.4 Å². The van der Waals surface area contributed by atoms with Gasteiger partial charge in [0.1, 0.15) is 5.69 Å². The fraction of sp³-hybridized carbons (Fsp3) is 0.0526. The molecule has 0 aliphatic heterocycles. The first-order chi connectivity index (χ1) is 12.6. The number of carboxylic acid groups (broad SMARTS) is 1. The topological polar surface area (TPSA) is 98.2 Å². The molecule has 0 saturated heterocycles. The third-order valence-electron chi connectivity index (χ3n) is 4.00. The number of aromatic nitrogens is 3. The molecule has 0 amide bonds. The van der Waals surface area contributed by atoms with E-state index in [0.29, 0.717) is 22.2 Å². The molecule has 2 aromatic carbocycles. The zero-order chi connectivity index (χ0) is 18.1. The molecule has 7 heteroatoms. The number of aromatic carboxylic acids is 1. The van der Waals surface area contributed by atoms with Crippen LogP contribution in [0, 0.1) is 0 Å². The van der Waals surface area contributed by atoms with Crippen LogP contribution in [0.4, 0.5) is 0 Å². The van der Waals surface area contributed by atoms with Gasteiger partial charge in [-0.05, 0) is 6.07 Å². The van der Waals surface area contributed by atoms with Gasteiger partial charge in [-0.15, -0.1) is 0 Å². The second-order valence-electron chi connectivity index (χ2n) is 5.71. The summed E-state index contributed by atoms with van der Waals surface area (Å²) in [5, 5.41) is 18.0. The van der Waals surface area contributed by atoms with E-state index in [9.17, 15) is 14.7 Å². The molecule has 0 fully saturated rings. The molecule has 7 nitrogen and oxygen atoms in total. The quantitative estimate of drug-likeness (QED) is 0.609. The second kappa shape index (κ2) is 6.29. The molecule has 0 spiro atoms. The van der Waals surface area contributed by atoms with Crippen LogP contribution < -0.4 is 5.56 Å². The standard InChI is InChI=1S/C19H13N3O4/c23-18-15-9-5-4-8-14(15)17(19(24)25)20-22(18)11-13-10-16(26-21-13)12-6-2-1-3-7-12/h1-10H,11H2,(H,24,25). The number of carbonyl (C=O) groups is 1. The number of rotatable bonds is 4. The van der Waals surface area contributed by atoms with Gasteiger partial charge in [0.2, 0.25) is 0 Å². The summed E-state index contributed by atoms with van der Waals surface area (Å²) < 4.78 is 6.41. The van der Waals surface area contributed by atoms with E-state index < -0.39 is 5.97 Å². The molecule has 0 aliphatic carbocycles. The van der Waals surface area contributed by atoms with Gasteiger partial charge < -0.3 is 9.63 Å². The van der Waals surface area contributed by atoms with Gasteiger partial charge in [-0.2, -0.15) is 5.10 Å². The molecule has 4 rings (SSSR count). The Morgan fingerprint density at radius 3 is 2.46 bits per heavy atom. The monoisotopic (exact) mass is 347 g/mol. The van der Waals surface area contributed by atoms with E-state index in [1.165, 1.54) is 0 Å². The summed E-state index contributed by atoms with van der Waals surface area (Å²) in [6.07, 6.45) is 0. The minimum Gasteiger partial charge on any atom is -0.476 e. The predicted molar refractivity (Wildman–Crippen MR) is 94.0 cm³/mol. The number of hydrogen-bond donors (Lipinski definition) is 1. The van der Waals surface area contributed by atoms with Gasteiger partial charge in [-0.1, -0.05) is 53.7 Å². The van der Waals surface area contributed by atoms with E-state index in [2.05, 4.69) is 10.3 Å². The molecule has 2 aromatic heterocycles. The zero-order valence-corrected chi connectivity index (χ0v) is 13.5.